The van der Waals surface area contributed by atoms with Gasteiger partial charge in [0.1, 0.15) is 12.4 Å². The van der Waals surface area contributed by atoms with Crippen LogP contribution in [-0.2, 0) is 6.54 Å². The molecular formula is C17H14ClNO4. The van der Waals surface area contributed by atoms with Gasteiger partial charge in [0.15, 0.2) is 0 Å². The summed E-state index contributed by atoms with van der Waals surface area (Å²) >= 11 is 5.81. The Morgan fingerprint density at radius 3 is 2.61 bits per heavy atom. The Morgan fingerprint density at radius 2 is 1.87 bits per heavy atom. The van der Waals surface area contributed by atoms with Crippen molar-refractivity contribution >= 4 is 22.5 Å². The van der Waals surface area contributed by atoms with Crippen LogP contribution in [0.3, 0.4) is 0 Å². The predicted molar refractivity (Wildman–Crippen MR) is 88.4 cm³/mol. The molecule has 118 valence electrons. The highest BCUT2D eigenvalue weighted by Gasteiger charge is 2.09. The van der Waals surface area contributed by atoms with Crippen LogP contribution in [0.15, 0.2) is 56.5 Å². The number of hydrogen-bond acceptors (Lipinski definition) is 4. The van der Waals surface area contributed by atoms with Gasteiger partial charge in [0.25, 0.3) is 0 Å². The topological polar surface area (TPSA) is 61.4 Å². The Morgan fingerprint density at radius 1 is 1.13 bits per heavy atom. The first-order valence-electron chi connectivity index (χ1n) is 7.07. The smallest absolute Gasteiger partial charge is 0.422 e. The van der Waals surface area contributed by atoms with Crippen LogP contribution in [0.5, 0.6) is 5.75 Å². The van der Waals surface area contributed by atoms with Crippen LogP contribution >= 0.6 is 11.6 Å². The second-order valence-corrected chi connectivity index (χ2v) is 5.57. The number of aromatic nitrogens is 1. The molecule has 0 bridgehead atoms. The van der Waals surface area contributed by atoms with Crippen LogP contribution < -0.4 is 16.1 Å². The first kappa shape index (κ1) is 15.4. The molecule has 1 heterocycles. The Bertz CT molecular complexity index is 957. The van der Waals surface area contributed by atoms with E-state index in [1.807, 2.05) is 13.0 Å². The molecule has 0 amide bonds. The molecule has 2 aromatic carbocycles. The molecule has 0 atom stereocenters. The van der Waals surface area contributed by atoms with E-state index in [2.05, 4.69) is 0 Å². The minimum atomic E-state index is -0.689. The number of hydrogen-bond donors (Lipinski definition) is 0. The maximum absolute atomic E-state index is 11.9. The van der Waals surface area contributed by atoms with Crippen LogP contribution in [0.1, 0.15) is 5.56 Å². The van der Waals surface area contributed by atoms with Gasteiger partial charge in [0.2, 0.25) is 0 Å². The fourth-order valence-corrected chi connectivity index (χ4v) is 2.46. The van der Waals surface area contributed by atoms with Crippen molar-refractivity contribution in [1.29, 1.82) is 0 Å². The van der Waals surface area contributed by atoms with E-state index in [9.17, 15) is 9.59 Å². The molecule has 0 aliphatic heterocycles. The summed E-state index contributed by atoms with van der Waals surface area (Å²) in [5.74, 6) is -0.0361. The van der Waals surface area contributed by atoms with Gasteiger partial charge in [-0.15, -0.1) is 0 Å². The summed E-state index contributed by atoms with van der Waals surface area (Å²) in [5, 5.41) is 1.01. The fourth-order valence-electron chi connectivity index (χ4n) is 2.33. The number of benzene rings is 2. The van der Waals surface area contributed by atoms with Crippen molar-refractivity contribution < 1.29 is 9.15 Å². The molecule has 6 heteroatoms. The summed E-state index contributed by atoms with van der Waals surface area (Å²) in [7, 11) is 0. The van der Waals surface area contributed by atoms with E-state index < -0.39 is 11.4 Å². The van der Waals surface area contributed by atoms with E-state index in [-0.39, 0.29) is 13.2 Å². The molecule has 0 radical (unpaired) electrons. The Hall–Kier alpha value is -2.53. The zero-order valence-corrected chi connectivity index (χ0v) is 13.2. The zero-order valence-electron chi connectivity index (χ0n) is 12.4. The summed E-state index contributed by atoms with van der Waals surface area (Å²) in [6.07, 6.45) is 0. The molecule has 23 heavy (non-hydrogen) atoms. The first-order valence-corrected chi connectivity index (χ1v) is 7.45. The summed E-state index contributed by atoms with van der Waals surface area (Å²) in [4.78, 5) is 23.8. The first-order chi connectivity index (χ1) is 11.0. The molecule has 0 fully saturated rings. The normalized spacial score (nSPS) is 10.9. The van der Waals surface area contributed by atoms with Crippen molar-refractivity contribution in [3.05, 3.63) is 74.0 Å². The largest absolute Gasteiger partial charge is 0.492 e. The molecule has 0 unspecified atom stereocenters. The molecule has 3 aromatic rings. The van der Waals surface area contributed by atoms with Gasteiger partial charge in [0, 0.05) is 5.02 Å². The highest BCUT2D eigenvalue weighted by Crippen LogP contribution is 2.16. The van der Waals surface area contributed by atoms with Gasteiger partial charge >= 0.3 is 11.4 Å². The van der Waals surface area contributed by atoms with Crippen molar-refractivity contribution in [3.8, 4) is 5.75 Å². The van der Waals surface area contributed by atoms with Crippen molar-refractivity contribution in [2.24, 2.45) is 0 Å². The van der Waals surface area contributed by atoms with E-state index in [0.29, 0.717) is 21.7 Å². The van der Waals surface area contributed by atoms with Gasteiger partial charge in [-0.3, -0.25) is 4.57 Å². The molecule has 0 saturated carbocycles. The van der Waals surface area contributed by atoms with Gasteiger partial charge < -0.3 is 9.15 Å². The molecule has 5 nitrogen and oxygen atoms in total. The van der Waals surface area contributed by atoms with Crippen molar-refractivity contribution in [1.82, 2.24) is 4.57 Å². The molecule has 0 saturated heterocycles. The molecule has 3 rings (SSSR count). The summed E-state index contributed by atoms with van der Waals surface area (Å²) in [6.45, 7) is 2.40. The molecule has 0 spiro atoms. The average Bonchev–Trinajstić information content (AvgIpc) is 2.52. The van der Waals surface area contributed by atoms with Gasteiger partial charge in [-0.25, -0.2) is 9.59 Å². The van der Waals surface area contributed by atoms with E-state index in [1.165, 1.54) is 4.57 Å². The second kappa shape index (κ2) is 6.30. The van der Waals surface area contributed by atoms with Gasteiger partial charge in [-0.05, 0) is 43.3 Å². The molecule has 0 N–H and O–H groups in total. The Kier molecular flexibility index (Phi) is 4.21. The highest BCUT2D eigenvalue weighted by atomic mass is 35.5. The van der Waals surface area contributed by atoms with E-state index >= 15 is 0 Å². The van der Waals surface area contributed by atoms with Crippen molar-refractivity contribution in [2.75, 3.05) is 6.61 Å². The van der Waals surface area contributed by atoms with E-state index in [0.717, 1.165) is 5.56 Å². The van der Waals surface area contributed by atoms with Crippen LogP contribution in [-0.4, -0.2) is 11.2 Å². The van der Waals surface area contributed by atoms with Gasteiger partial charge in [-0.2, -0.15) is 0 Å². The monoisotopic (exact) mass is 331 g/mol. The summed E-state index contributed by atoms with van der Waals surface area (Å²) < 4.78 is 11.8. The molecule has 0 aliphatic carbocycles. The van der Waals surface area contributed by atoms with Crippen LogP contribution in [0.25, 0.3) is 10.9 Å². The number of aryl methyl sites for hydroxylation is 1. The third-order valence-corrected chi connectivity index (χ3v) is 3.71. The highest BCUT2D eigenvalue weighted by molar-refractivity contribution is 6.30. The molecule has 0 aliphatic rings. The van der Waals surface area contributed by atoms with Gasteiger partial charge in [0.05, 0.1) is 17.4 Å². The molecular weight excluding hydrogens is 318 g/mol. The number of halogens is 1. The number of fused-ring (bicyclic) bond motifs is 1. The van der Waals surface area contributed by atoms with Crippen LogP contribution in [0.4, 0.5) is 0 Å². The third-order valence-electron chi connectivity index (χ3n) is 3.46. The Labute approximate surface area is 136 Å². The maximum atomic E-state index is 11.9. The quantitative estimate of drug-likeness (QED) is 0.737. The zero-order chi connectivity index (χ0) is 16.4. The number of nitrogens with zero attached hydrogens (tertiary/aromatic N) is 1. The van der Waals surface area contributed by atoms with Crippen molar-refractivity contribution in [2.45, 2.75) is 13.5 Å². The second-order valence-electron chi connectivity index (χ2n) is 5.13. The van der Waals surface area contributed by atoms with Gasteiger partial charge in [-0.1, -0.05) is 23.2 Å². The predicted octanol–water partition coefficient (Wildman–Crippen LogP) is 3.00. The molecule has 1 aromatic heterocycles. The number of rotatable bonds is 4. The average molecular weight is 332 g/mol. The lowest BCUT2D eigenvalue weighted by atomic mass is 10.2. The van der Waals surface area contributed by atoms with Crippen LogP contribution in [0.2, 0.25) is 5.02 Å². The van der Waals surface area contributed by atoms with E-state index in [4.69, 9.17) is 20.8 Å². The standard InChI is InChI=1S/C17H14ClNO4/c1-11-2-7-15-14(10-11)16(20)23-17(21)19(15)8-9-22-13-5-3-12(18)4-6-13/h2-7,10H,8-9H2,1H3. The van der Waals surface area contributed by atoms with Crippen molar-refractivity contribution in [3.63, 3.8) is 0 Å². The SMILES string of the molecule is Cc1ccc2c(c1)c(=O)oc(=O)n2CCOc1ccc(Cl)cc1. The summed E-state index contributed by atoms with van der Waals surface area (Å²) in [6, 6.07) is 12.2. The minimum absolute atomic E-state index is 0.262. The van der Waals surface area contributed by atoms with Crippen LogP contribution in [0, 0.1) is 6.92 Å². The fraction of sp³-hybridized carbons (Fsp3) is 0.176. The Balaban J connectivity index is 1.86. The minimum Gasteiger partial charge on any atom is -0.492 e. The lowest BCUT2D eigenvalue weighted by Gasteiger charge is -2.10. The lowest BCUT2D eigenvalue weighted by Crippen LogP contribution is -2.27. The number of ether oxygens (including phenoxy) is 1. The third kappa shape index (κ3) is 3.29. The summed E-state index contributed by atoms with van der Waals surface area (Å²) in [5.41, 5.74) is 0.840. The lowest BCUT2D eigenvalue weighted by molar-refractivity contribution is 0.287. The maximum Gasteiger partial charge on any atom is 0.422 e. The van der Waals surface area contributed by atoms with E-state index in [1.54, 1.807) is 36.4 Å².